The van der Waals surface area contributed by atoms with Gasteiger partial charge in [0.15, 0.2) is 0 Å². The normalized spacial score (nSPS) is 14.7. The summed E-state index contributed by atoms with van der Waals surface area (Å²) in [6, 6.07) is 12.5. The fourth-order valence-corrected chi connectivity index (χ4v) is 4.14. The molecule has 1 fully saturated rings. The van der Waals surface area contributed by atoms with Crippen molar-refractivity contribution in [1.82, 2.24) is 9.88 Å². The Morgan fingerprint density at radius 3 is 2.68 bits per heavy atom. The highest BCUT2D eigenvalue weighted by Crippen LogP contribution is 2.25. The van der Waals surface area contributed by atoms with Crippen LogP contribution >= 0.6 is 0 Å². The first-order valence-corrected chi connectivity index (χ1v) is 10.7. The van der Waals surface area contributed by atoms with Gasteiger partial charge in [0.05, 0.1) is 12.8 Å². The number of H-pyrrole nitrogens is 1. The van der Waals surface area contributed by atoms with Gasteiger partial charge in [-0.3, -0.25) is 4.90 Å². The largest absolute Gasteiger partial charge is 0.513 e. The number of unbranched alkanes of at least 4 members (excludes halogenated alkanes) is 1. The molecule has 1 N–H and O–H groups in total. The zero-order valence-corrected chi connectivity index (χ0v) is 17.8. The van der Waals surface area contributed by atoms with Gasteiger partial charge in [-0.15, -0.1) is 0 Å². The Bertz CT molecular complexity index is 1030. The van der Waals surface area contributed by atoms with Crippen LogP contribution in [0.4, 0.5) is 14.9 Å². The summed E-state index contributed by atoms with van der Waals surface area (Å²) in [7, 11) is 1.29. The molecule has 3 aromatic rings. The van der Waals surface area contributed by atoms with Crippen LogP contribution in [0.25, 0.3) is 10.9 Å². The molecule has 6 nitrogen and oxygen atoms in total. The van der Waals surface area contributed by atoms with E-state index in [0.29, 0.717) is 11.4 Å². The number of anilines is 1. The zero-order valence-electron chi connectivity index (χ0n) is 17.8. The number of benzene rings is 2. The van der Waals surface area contributed by atoms with Crippen molar-refractivity contribution in [3.05, 3.63) is 60.0 Å². The summed E-state index contributed by atoms with van der Waals surface area (Å²) in [6.45, 7) is 4.66. The van der Waals surface area contributed by atoms with Gasteiger partial charge in [-0.2, -0.15) is 0 Å². The van der Waals surface area contributed by atoms with Gasteiger partial charge in [-0.05, 0) is 61.7 Å². The maximum Gasteiger partial charge on any atom is 0.513 e. The molecule has 0 aliphatic carbocycles. The van der Waals surface area contributed by atoms with Gasteiger partial charge < -0.3 is 19.4 Å². The van der Waals surface area contributed by atoms with Crippen molar-refractivity contribution in [1.29, 1.82) is 0 Å². The average Bonchev–Trinajstić information content (AvgIpc) is 3.20. The number of ether oxygens (including phenoxy) is 2. The molecule has 7 heteroatoms. The molecule has 0 atom stereocenters. The van der Waals surface area contributed by atoms with Crippen LogP contribution in [-0.2, 0) is 11.2 Å². The number of hydrogen-bond acceptors (Lipinski definition) is 5. The Balaban J connectivity index is 1.24. The van der Waals surface area contributed by atoms with E-state index in [0.717, 1.165) is 62.9 Å². The highest BCUT2D eigenvalue weighted by Gasteiger charge is 2.18. The molecule has 164 valence electrons. The van der Waals surface area contributed by atoms with Crippen molar-refractivity contribution in [2.75, 3.05) is 44.7 Å². The summed E-state index contributed by atoms with van der Waals surface area (Å²) < 4.78 is 23.7. The van der Waals surface area contributed by atoms with Crippen LogP contribution in [0.1, 0.15) is 18.4 Å². The summed E-state index contributed by atoms with van der Waals surface area (Å²) in [5.41, 5.74) is 2.95. The van der Waals surface area contributed by atoms with Gasteiger partial charge in [0.2, 0.25) is 0 Å². The van der Waals surface area contributed by atoms with Gasteiger partial charge >= 0.3 is 6.16 Å². The number of carbonyl (C=O) groups excluding carboxylic acids is 1. The zero-order chi connectivity index (χ0) is 21.6. The van der Waals surface area contributed by atoms with E-state index in [4.69, 9.17) is 4.74 Å². The van der Waals surface area contributed by atoms with Gasteiger partial charge in [0.25, 0.3) is 0 Å². The summed E-state index contributed by atoms with van der Waals surface area (Å²) in [5, 5.41) is 1.07. The monoisotopic (exact) mass is 425 g/mol. The van der Waals surface area contributed by atoms with Crippen molar-refractivity contribution >= 4 is 22.7 Å². The Morgan fingerprint density at radius 1 is 1.10 bits per heavy atom. The van der Waals surface area contributed by atoms with E-state index in [2.05, 4.69) is 19.5 Å². The van der Waals surface area contributed by atoms with Crippen LogP contribution in [0.5, 0.6) is 5.75 Å². The van der Waals surface area contributed by atoms with E-state index in [9.17, 15) is 9.18 Å². The van der Waals surface area contributed by atoms with Gasteiger partial charge in [0, 0.05) is 43.3 Å². The molecule has 0 spiro atoms. The number of rotatable bonds is 7. The molecule has 1 aliphatic rings. The van der Waals surface area contributed by atoms with Crippen LogP contribution in [-0.4, -0.2) is 55.9 Å². The number of aryl methyl sites for hydroxylation is 1. The molecule has 2 aromatic carbocycles. The number of halogens is 1. The van der Waals surface area contributed by atoms with Gasteiger partial charge in [-0.25, -0.2) is 9.18 Å². The van der Waals surface area contributed by atoms with Gasteiger partial charge in [0.1, 0.15) is 11.6 Å². The van der Waals surface area contributed by atoms with Crippen LogP contribution < -0.4 is 9.64 Å². The fraction of sp³-hybridized carbons (Fsp3) is 0.375. The summed E-state index contributed by atoms with van der Waals surface area (Å²) in [5.74, 6) is 0.336. The van der Waals surface area contributed by atoms with E-state index in [1.807, 2.05) is 30.5 Å². The number of aromatic amines is 1. The molecule has 0 unspecified atom stereocenters. The molecule has 1 aromatic heterocycles. The SMILES string of the molecule is COC(=O)Oc1ccc2[nH]cc(CCCCN3CCN(c4ccccc4F)CC3)c2c1. The number of hydrogen-bond donors (Lipinski definition) is 1. The molecular formula is C24H28FN3O3. The third kappa shape index (κ3) is 5.17. The van der Waals surface area contributed by atoms with Crippen molar-refractivity contribution in [2.24, 2.45) is 0 Å². The number of piperazine rings is 1. The molecule has 0 saturated carbocycles. The first kappa shape index (κ1) is 21.2. The number of aromatic nitrogens is 1. The maximum atomic E-state index is 14.0. The molecular weight excluding hydrogens is 397 g/mol. The number of nitrogens with one attached hydrogen (secondary N) is 1. The average molecular weight is 426 g/mol. The minimum absolute atomic E-state index is 0.144. The van der Waals surface area contributed by atoms with E-state index in [1.54, 1.807) is 12.1 Å². The second-order valence-electron chi connectivity index (χ2n) is 7.81. The number of fused-ring (bicyclic) bond motifs is 1. The maximum absolute atomic E-state index is 14.0. The Hall–Kier alpha value is -3.06. The van der Waals surface area contributed by atoms with E-state index in [-0.39, 0.29) is 5.82 Å². The summed E-state index contributed by atoms with van der Waals surface area (Å²) in [6.07, 6.45) is 4.44. The fourth-order valence-electron chi connectivity index (χ4n) is 4.14. The second-order valence-corrected chi connectivity index (χ2v) is 7.81. The molecule has 1 saturated heterocycles. The highest BCUT2D eigenvalue weighted by molar-refractivity contribution is 5.85. The lowest BCUT2D eigenvalue weighted by molar-refractivity contribution is 0.121. The first-order valence-electron chi connectivity index (χ1n) is 10.7. The predicted octanol–water partition coefficient (Wildman–Crippen LogP) is 4.60. The first-order chi connectivity index (χ1) is 15.1. The van der Waals surface area contributed by atoms with Crippen LogP contribution in [0.2, 0.25) is 0 Å². The second kappa shape index (κ2) is 9.83. The number of carbonyl (C=O) groups is 1. The quantitative estimate of drug-likeness (QED) is 0.341. The van der Waals surface area contributed by atoms with E-state index < -0.39 is 6.16 Å². The lowest BCUT2D eigenvalue weighted by atomic mass is 10.1. The molecule has 0 amide bonds. The van der Waals surface area contributed by atoms with Crippen LogP contribution in [0.3, 0.4) is 0 Å². The third-order valence-corrected chi connectivity index (χ3v) is 5.84. The molecule has 1 aliphatic heterocycles. The molecule has 2 heterocycles. The van der Waals surface area contributed by atoms with Crippen LogP contribution in [0.15, 0.2) is 48.7 Å². The van der Waals surface area contributed by atoms with Crippen molar-refractivity contribution in [3.63, 3.8) is 0 Å². The van der Waals surface area contributed by atoms with Crippen LogP contribution in [0, 0.1) is 5.82 Å². The smallest absolute Gasteiger partial charge is 0.437 e. The Labute approximate surface area is 181 Å². The minimum atomic E-state index is -0.716. The number of para-hydroxylation sites is 1. The van der Waals surface area contributed by atoms with E-state index in [1.165, 1.54) is 18.7 Å². The minimum Gasteiger partial charge on any atom is -0.437 e. The molecule has 4 rings (SSSR count). The standard InChI is InChI=1S/C24H28FN3O3/c1-30-24(29)31-19-9-10-22-20(16-19)18(17-26-22)6-4-5-11-27-12-14-28(15-13-27)23-8-3-2-7-21(23)25/h2-3,7-10,16-17,26H,4-6,11-15H2,1H3. The number of nitrogens with zero attached hydrogens (tertiary/aromatic N) is 2. The van der Waals surface area contributed by atoms with Crippen molar-refractivity contribution in [3.8, 4) is 5.75 Å². The van der Waals surface area contributed by atoms with Gasteiger partial charge in [-0.1, -0.05) is 12.1 Å². The molecule has 0 radical (unpaired) electrons. The highest BCUT2D eigenvalue weighted by atomic mass is 19.1. The predicted molar refractivity (Wildman–Crippen MR) is 119 cm³/mol. The molecule has 31 heavy (non-hydrogen) atoms. The summed E-state index contributed by atoms with van der Waals surface area (Å²) >= 11 is 0. The lowest BCUT2D eigenvalue weighted by Gasteiger charge is -2.36. The van der Waals surface area contributed by atoms with E-state index >= 15 is 0 Å². The number of methoxy groups -OCH3 is 1. The topological polar surface area (TPSA) is 57.8 Å². The van der Waals surface area contributed by atoms with Crippen molar-refractivity contribution in [2.45, 2.75) is 19.3 Å². The lowest BCUT2D eigenvalue weighted by Crippen LogP contribution is -2.46. The van der Waals surface area contributed by atoms with Crippen molar-refractivity contribution < 1.29 is 18.7 Å². The summed E-state index contributed by atoms with van der Waals surface area (Å²) in [4.78, 5) is 19.2. The Kier molecular flexibility index (Phi) is 6.72. The Morgan fingerprint density at radius 2 is 1.90 bits per heavy atom. The molecule has 0 bridgehead atoms. The third-order valence-electron chi connectivity index (χ3n) is 5.84.